The Morgan fingerprint density at radius 3 is 1.90 bits per heavy atom. The van der Waals surface area contributed by atoms with Crippen molar-refractivity contribution in [3.05, 3.63) is 193 Å². The molecule has 0 bridgehead atoms. The van der Waals surface area contributed by atoms with E-state index in [-0.39, 0.29) is 0 Å². The number of amidine groups is 1. The minimum atomic E-state index is 0.642. The molecular formula is C47H33N3S. The molecule has 0 aliphatic carbocycles. The van der Waals surface area contributed by atoms with Gasteiger partial charge in [0.05, 0.1) is 16.7 Å². The van der Waals surface area contributed by atoms with Crippen molar-refractivity contribution in [2.45, 2.75) is 6.92 Å². The fourth-order valence-electron chi connectivity index (χ4n) is 7.10. The lowest BCUT2D eigenvalue weighted by Crippen LogP contribution is -2.04. The third-order valence-corrected chi connectivity index (χ3v) is 10.9. The quantitative estimate of drug-likeness (QED) is 0.124. The van der Waals surface area contributed by atoms with Gasteiger partial charge < -0.3 is 4.57 Å². The predicted molar refractivity (Wildman–Crippen MR) is 220 cm³/mol. The van der Waals surface area contributed by atoms with Crippen LogP contribution in [0.15, 0.2) is 186 Å². The standard InChI is InChI=1S/C47H33N3S/c1-31(33-16-6-3-7-17-33)48-47(34-18-8-4-9-19-34)49-32(2)37-23-14-25-40-41-26-15-24-38(46(41)51-45(37)40)35-28-29-44-42(30-35)39-22-12-13-27-43(39)50(44)36-20-10-5-11-21-36/h3-30H,2H2,1H3/b48-31+,49-47-. The number of aromatic nitrogens is 1. The number of benzene rings is 7. The maximum Gasteiger partial charge on any atom is 0.160 e. The third-order valence-electron chi connectivity index (χ3n) is 9.57. The molecule has 0 saturated heterocycles. The van der Waals surface area contributed by atoms with Crippen LogP contribution in [0.4, 0.5) is 0 Å². The summed E-state index contributed by atoms with van der Waals surface area (Å²) in [6.07, 6.45) is 0. The minimum absolute atomic E-state index is 0.642. The van der Waals surface area contributed by atoms with Gasteiger partial charge in [-0.05, 0) is 53.9 Å². The second-order valence-electron chi connectivity index (χ2n) is 12.7. The first kappa shape index (κ1) is 30.7. The molecular weight excluding hydrogens is 639 g/mol. The van der Waals surface area contributed by atoms with Gasteiger partial charge in [-0.25, -0.2) is 9.98 Å². The Balaban J connectivity index is 1.18. The summed E-state index contributed by atoms with van der Waals surface area (Å²) >= 11 is 1.81. The van der Waals surface area contributed by atoms with Crippen molar-refractivity contribution < 1.29 is 0 Å². The molecule has 0 saturated carbocycles. The van der Waals surface area contributed by atoms with E-state index in [1.807, 2.05) is 66.8 Å². The number of para-hydroxylation sites is 2. The van der Waals surface area contributed by atoms with Gasteiger partial charge in [0, 0.05) is 53.5 Å². The van der Waals surface area contributed by atoms with E-state index in [1.54, 1.807) is 0 Å². The summed E-state index contributed by atoms with van der Waals surface area (Å²) in [5.74, 6) is 0.642. The highest BCUT2D eigenvalue weighted by Crippen LogP contribution is 2.44. The van der Waals surface area contributed by atoms with Crippen LogP contribution < -0.4 is 0 Å². The molecule has 2 aromatic heterocycles. The minimum Gasteiger partial charge on any atom is -0.309 e. The lowest BCUT2D eigenvalue weighted by molar-refractivity contribution is 1.18. The molecule has 2 heterocycles. The van der Waals surface area contributed by atoms with E-state index in [9.17, 15) is 0 Å². The van der Waals surface area contributed by atoms with Crippen LogP contribution in [0.25, 0.3) is 64.5 Å². The van der Waals surface area contributed by atoms with Crippen molar-refractivity contribution in [3.8, 4) is 16.8 Å². The first-order valence-electron chi connectivity index (χ1n) is 17.1. The van der Waals surface area contributed by atoms with Crippen LogP contribution in [0, 0.1) is 0 Å². The first-order chi connectivity index (χ1) is 25.1. The summed E-state index contributed by atoms with van der Waals surface area (Å²) in [6, 6.07) is 59.7. The molecule has 0 amide bonds. The summed E-state index contributed by atoms with van der Waals surface area (Å²) in [5.41, 5.74) is 10.6. The van der Waals surface area contributed by atoms with Crippen molar-refractivity contribution in [2.24, 2.45) is 9.98 Å². The van der Waals surface area contributed by atoms with E-state index in [1.165, 1.54) is 53.1 Å². The second kappa shape index (κ2) is 12.8. The highest BCUT2D eigenvalue weighted by Gasteiger charge is 2.17. The molecule has 0 spiro atoms. The zero-order valence-corrected chi connectivity index (χ0v) is 28.9. The van der Waals surface area contributed by atoms with Crippen LogP contribution in [0.3, 0.4) is 0 Å². The number of nitrogens with zero attached hydrogens (tertiary/aromatic N) is 3. The van der Waals surface area contributed by atoms with Gasteiger partial charge in [0.1, 0.15) is 0 Å². The second-order valence-corrected chi connectivity index (χ2v) is 13.7. The van der Waals surface area contributed by atoms with Crippen LogP contribution in [-0.2, 0) is 0 Å². The molecule has 0 fully saturated rings. The van der Waals surface area contributed by atoms with Gasteiger partial charge in [0.15, 0.2) is 5.84 Å². The van der Waals surface area contributed by atoms with E-state index >= 15 is 0 Å². The van der Waals surface area contributed by atoms with Crippen LogP contribution in [0.5, 0.6) is 0 Å². The number of fused-ring (bicyclic) bond motifs is 6. The van der Waals surface area contributed by atoms with Gasteiger partial charge in [-0.1, -0.05) is 146 Å². The summed E-state index contributed by atoms with van der Waals surface area (Å²) in [6.45, 7) is 6.54. The molecule has 9 rings (SSSR count). The topological polar surface area (TPSA) is 29.6 Å². The van der Waals surface area contributed by atoms with Crippen LogP contribution in [0.2, 0.25) is 0 Å². The largest absolute Gasteiger partial charge is 0.309 e. The molecule has 0 atom stereocenters. The highest BCUT2D eigenvalue weighted by atomic mass is 32.1. The van der Waals surface area contributed by atoms with Crippen molar-refractivity contribution >= 4 is 70.6 Å². The van der Waals surface area contributed by atoms with Crippen LogP contribution in [0.1, 0.15) is 23.6 Å². The molecule has 0 unspecified atom stereocenters. The number of hydrogen-bond donors (Lipinski definition) is 0. The van der Waals surface area contributed by atoms with Crippen molar-refractivity contribution in [3.63, 3.8) is 0 Å². The first-order valence-corrected chi connectivity index (χ1v) is 17.9. The normalized spacial score (nSPS) is 12.3. The Labute approximate surface area is 300 Å². The SMILES string of the molecule is C=C(/N=C(\N=C(/C)c1ccccc1)c1ccccc1)c1cccc2c1sc1c(-c3ccc4c(c3)c3ccccc3n4-c3ccccc3)cccc12. The summed E-state index contributed by atoms with van der Waals surface area (Å²) < 4.78 is 4.79. The van der Waals surface area contributed by atoms with E-state index in [2.05, 4.69) is 132 Å². The Bertz CT molecular complexity index is 2800. The molecule has 51 heavy (non-hydrogen) atoms. The summed E-state index contributed by atoms with van der Waals surface area (Å²) in [7, 11) is 0. The molecule has 9 aromatic rings. The molecule has 242 valence electrons. The zero-order chi connectivity index (χ0) is 34.3. The number of hydrogen-bond acceptors (Lipinski definition) is 2. The maximum absolute atomic E-state index is 5.11. The summed E-state index contributed by atoms with van der Waals surface area (Å²) in [4.78, 5) is 10.1. The number of thiophene rings is 1. The van der Waals surface area contributed by atoms with Crippen molar-refractivity contribution in [2.75, 3.05) is 0 Å². The smallest absolute Gasteiger partial charge is 0.160 e. The van der Waals surface area contributed by atoms with Crippen LogP contribution >= 0.6 is 11.3 Å². The Morgan fingerprint density at radius 1 is 0.529 bits per heavy atom. The maximum atomic E-state index is 5.11. The monoisotopic (exact) mass is 671 g/mol. The Hall–Kier alpha value is -6.36. The van der Waals surface area contributed by atoms with Gasteiger partial charge in [0.25, 0.3) is 0 Å². The van der Waals surface area contributed by atoms with Crippen molar-refractivity contribution in [1.29, 1.82) is 0 Å². The van der Waals surface area contributed by atoms with E-state index < -0.39 is 0 Å². The van der Waals surface area contributed by atoms with E-state index in [0.29, 0.717) is 11.5 Å². The molecule has 0 radical (unpaired) electrons. The lowest BCUT2D eigenvalue weighted by Gasteiger charge is -2.08. The Kier molecular flexibility index (Phi) is 7.72. The predicted octanol–water partition coefficient (Wildman–Crippen LogP) is 12.7. The zero-order valence-electron chi connectivity index (χ0n) is 28.1. The number of rotatable bonds is 6. The summed E-state index contributed by atoms with van der Waals surface area (Å²) in [5, 5.41) is 4.93. The lowest BCUT2D eigenvalue weighted by atomic mass is 10.00. The average Bonchev–Trinajstić information content (AvgIpc) is 3.74. The molecule has 4 heteroatoms. The van der Waals surface area contributed by atoms with Crippen molar-refractivity contribution in [1.82, 2.24) is 4.57 Å². The van der Waals surface area contributed by atoms with Crippen LogP contribution in [-0.4, -0.2) is 16.1 Å². The fraction of sp³-hybridized carbons (Fsp3) is 0.0213. The van der Waals surface area contributed by atoms with Gasteiger partial charge in [0.2, 0.25) is 0 Å². The van der Waals surface area contributed by atoms with Gasteiger partial charge in [-0.15, -0.1) is 11.3 Å². The fourth-order valence-corrected chi connectivity index (χ4v) is 8.47. The van der Waals surface area contributed by atoms with Gasteiger partial charge >= 0.3 is 0 Å². The van der Waals surface area contributed by atoms with E-state index in [0.717, 1.165) is 28.1 Å². The van der Waals surface area contributed by atoms with Gasteiger partial charge in [-0.3, -0.25) is 0 Å². The molecule has 0 N–H and O–H groups in total. The molecule has 7 aromatic carbocycles. The highest BCUT2D eigenvalue weighted by molar-refractivity contribution is 7.26. The third kappa shape index (κ3) is 5.47. The van der Waals surface area contributed by atoms with E-state index in [4.69, 9.17) is 9.98 Å². The molecule has 0 aliphatic heterocycles. The average molecular weight is 672 g/mol. The Morgan fingerprint density at radius 2 is 1.14 bits per heavy atom. The number of aliphatic imine (C=N–C) groups is 2. The van der Waals surface area contributed by atoms with Gasteiger partial charge in [-0.2, -0.15) is 0 Å². The molecule has 3 nitrogen and oxygen atoms in total. The molecule has 0 aliphatic rings.